The summed E-state index contributed by atoms with van der Waals surface area (Å²) in [5.74, 6) is 2.35. The minimum absolute atomic E-state index is 0.226. The molecule has 0 amide bonds. The van der Waals surface area contributed by atoms with Gasteiger partial charge < -0.3 is 5.11 Å². The summed E-state index contributed by atoms with van der Waals surface area (Å²) in [7, 11) is 0. The monoisotopic (exact) mass is 280 g/mol. The third-order valence-electron chi connectivity index (χ3n) is 4.51. The van der Waals surface area contributed by atoms with Gasteiger partial charge in [-0.05, 0) is 60.1 Å². The molecule has 1 nitrogen and oxygen atoms in total. The van der Waals surface area contributed by atoms with Gasteiger partial charge in [-0.3, -0.25) is 0 Å². The minimum atomic E-state index is 0.226. The van der Waals surface area contributed by atoms with Gasteiger partial charge in [-0.25, -0.2) is 0 Å². The maximum atomic E-state index is 9.74. The largest absolute Gasteiger partial charge is 0.506 e. The van der Waals surface area contributed by atoms with Crippen LogP contribution in [0.15, 0.2) is 12.1 Å². The number of aryl methyl sites for hydroxylation is 1. The van der Waals surface area contributed by atoms with Crippen molar-refractivity contribution in [1.82, 2.24) is 0 Å². The fourth-order valence-corrected chi connectivity index (χ4v) is 3.64. The lowest BCUT2D eigenvalue weighted by Crippen LogP contribution is -2.35. The number of benzene rings is 1. The van der Waals surface area contributed by atoms with Crippen LogP contribution < -0.4 is 0 Å². The zero-order valence-electron chi connectivity index (χ0n) is 12.6. The van der Waals surface area contributed by atoms with Crippen molar-refractivity contribution < 1.29 is 5.11 Å². The van der Waals surface area contributed by atoms with Gasteiger partial charge in [0.25, 0.3) is 0 Å². The summed E-state index contributed by atoms with van der Waals surface area (Å²) in [6, 6.07) is 4.04. The van der Waals surface area contributed by atoms with Gasteiger partial charge in [-0.15, -0.1) is 0 Å². The molecule has 1 N–H and O–H groups in total. The highest BCUT2D eigenvalue weighted by atomic mass is 35.5. The Bertz CT molecular complexity index is 450. The molecule has 0 heterocycles. The Kier molecular flexibility index (Phi) is 3.88. The molecule has 0 saturated heterocycles. The number of phenols is 1. The summed E-state index contributed by atoms with van der Waals surface area (Å²) in [6.45, 7) is 11.2. The van der Waals surface area contributed by atoms with Crippen LogP contribution in [-0.2, 0) is 0 Å². The summed E-state index contributed by atoms with van der Waals surface area (Å²) in [6.07, 6.45) is 2.54. The average molecular weight is 281 g/mol. The lowest BCUT2D eigenvalue weighted by molar-refractivity contribution is 0.0994. The van der Waals surface area contributed by atoms with Crippen LogP contribution in [0.2, 0.25) is 5.02 Å². The second kappa shape index (κ2) is 5.01. The standard InChI is InChI=1S/C17H25ClO/c1-10-6-12(8-15(18)16(10)19)14-7-13(11(14)2)9-17(3,4)5/h6,8,11,13-14,19H,7,9H2,1-5H3. The Morgan fingerprint density at radius 2 is 1.95 bits per heavy atom. The smallest absolute Gasteiger partial charge is 0.137 e. The fraction of sp³-hybridized carbons (Fsp3) is 0.647. The van der Waals surface area contributed by atoms with E-state index in [0.29, 0.717) is 22.3 Å². The van der Waals surface area contributed by atoms with Crippen molar-refractivity contribution in [2.75, 3.05) is 0 Å². The first-order valence-corrected chi connectivity index (χ1v) is 7.56. The second-order valence-corrected chi connectivity index (χ2v) is 7.80. The summed E-state index contributed by atoms with van der Waals surface area (Å²) in [5.41, 5.74) is 2.58. The molecule has 3 unspecified atom stereocenters. The number of rotatable bonds is 2. The van der Waals surface area contributed by atoms with Crippen molar-refractivity contribution in [1.29, 1.82) is 0 Å². The Labute approximate surface area is 122 Å². The van der Waals surface area contributed by atoms with Crippen LogP contribution in [0.5, 0.6) is 5.75 Å². The Balaban J connectivity index is 2.10. The Hall–Kier alpha value is -0.690. The zero-order valence-corrected chi connectivity index (χ0v) is 13.4. The first-order chi connectivity index (χ1) is 8.69. The number of aromatic hydroxyl groups is 1. The molecule has 1 aliphatic carbocycles. The Morgan fingerprint density at radius 3 is 2.42 bits per heavy atom. The van der Waals surface area contributed by atoms with Gasteiger partial charge in [-0.2, -0.15) is 0 Å². The molecule has 1 saturated carbocycles. The molecule has 2 rings (SSSR count). The van der Waals surface area contributed by atoms with E-state index in [1.807, 2.05) is 13.0 Å². The predicted octanol–water partition coefficient (Wildman–Crippen LogP) is 5.53. The van der Waals surface area contributed by atoms with Crippen molar-refractivity contribution in [3.63, 3.8) is 0 Å². The quantitative estimate of drug-likeness (QED) is 0.755. The van der Waals surface area contributed by atoms with Gasteiger partial charge in [0.05, 0.1) is 5.02 Å². The van der Waals surface area contributed by atoms with Gasteiger partial charge in [-0.1, -0.05) is 45.4 Å². The third kappa shape index (κ3) is 3.08. The maximum Gasteiger partial charge on any atom is 0.137 e. The van der Waals surface area contributed by atoms with Crippen LogP contribution >= 0.6 is 11.6 Å². The topological polar surface area (TPSA) is 20.2 Å². The van der Waals surface area contributed by atoms with E-state index in [4.69, 9.17) is 11.6 Å². The number of hydrogen-bond donors (Lipinski definition) is 1. The number of phenolic OH excluding ortho intramolecular Hbond substituents is 1. The summed E-state index contributed by atoms with van der Waals surface area (Å²) < 4.78 is 0. The molecule has 1 fully saturated rings. The van der Waals surface area contributed by atoms with Crippen molar-refractivity contribution in [3.05, 3.63) is 28.3 Å². The molecular formula is C17H25ClO. The summed E-state index contributed by atoms with van der Waals surface area (Å²) in [4.78, 5) is 0. The van der Waals surface area contributed by atoms with Crippen LogP contribution in [0.1, 0.15) is 57.6 Å². The molecular weight excluding hydrogens is 256 g/mol. The van der Waals surface area contributed by atoms with Crippen molar-refractivity contribution >= 4 is 11.6 Å². The summed E-state index contributed by atoms with van der Waals surface area (Å²) in [5, 5.41) is 10.2. The van der Waals surface area contributed by atoms with Crippen LogP contribution in [0.4, 0.5) is 0 Å². The van der Waals surface area contributed by atoms with Crippen LogP contribution in [0, 0.1) is 24.2 Å². The molecule has 1 aliphatic rings. The second-order valence-electron chi connectivity index (χ2n) is 7.39. The van der Waals surface area contributed by atoms with Crippen molar-refractivity contribution in [2.45, 2.75) is 53.4 Å². The molecule has 19 heavy (non-hydrogen) atoms. The molecule has 3 atom stereocenters. The Morgan fingerprint density at radius 1 is 1.32 bits per heavy atom. The molecule has 0 spiro atoms. The highest BCUT2D eigenvalue weighted by Gasteiger charge is 2.40. The molecule has 0 radical (unpaired) electrons. The van der Waals surface area contributed by atoms with Gasteiger partial charge >= 0.3 is 0 Å². The molecule has 2 heteroatoms. The van der Waals surface area contributed by atoms with Crippen LogP contribution in [0.25, 0.3) is 0 Å². The van der Waals surface area contributed by atoms with E-state index in [-0.39, 0.29) is 5.75 Å². The van der Waals surface area contributed by atoms with Gasteiger partial charge in [0.15, 0.2) is 0 Å². The highest BCUT2D eigenvalue weighted by Crippen LogP contribution is 2.52. The molecule has 0 aliphatic heterocycles. The van der Waals surface area contributed by atoms with E-state index in [0.717, 1.165) is 11.5 Å². The van der Waals surface area contributed by atoms with Gasteiger partial charge in [0, 0.05) is 0 Å². The van der Waals surface area contributed by atoms with E-state index >= 15 is 0 Å². The molecule has 1 aromatic carbocycles. The average Bonchev–Trinajstić information content (AvgIpc) is 2.29. The van der Waals surface area contributed by atoms with Gasteiger partial charge in [0.1, 0.15) is 5.75 Å². The lowest BCUT2D eigenvalue weighted by atomic mass is 9.59. The van der Waals surface area contributed by atoms with E-state index in [1.165, 1.54) is 18.4 Å². The first kappa shape index (κ1) is 14.7. The van der Waals surface area contributed by atoms with Crippen molar-refractivity contribution in [3.8, 4) is 5.75 Å². The lowest BCUT2D eigenvalue weighted by Gasteiger charge is -2.46. The van der Waals surface area contributed by atoms with E-state index in [9.17, 15) is 5.11 Å². The predicted molar refractivity (Wildman–Crippen MR) is 81.9 cm³/mol. The normalized spacial score (nSPS) is 27.2. The highest BCUT2D eigenvalue weighted by molar-refractivity contribution is 6.32. The molecule has 1 aromatic rings. The van der Waals surface area contributed by atoms with E-state index < -0.39 is 0 Å². The molecule has 0 aromatic heterocycles. The van der Waals surface area contributed by atoms with Crippen LogP contribution in [0.3, 0.4) is 0 Å². The maximum absolute atomic E-state index is 9.74. The SMILES string of the molecule is Cc1cc(C2CC(CC(C)(C)C)C2C)cc(Cl)c1O. The fourth-order valence-electron chi connectivity index (χ4n) is 3.36. The number of hydrogen-bond acceptors (Lipinski definition) is 1. The van der Waals surface area contributed by atoms with Gasteiger partial charge in [0.2, 0.25) is 0 Å². The third-order valence-corrected chi connectivity index (χ3v) is 4.80. The first-order valence-electron chi connectivity index (χ1n) is 7.18. The van der Waals surface area contributed by atoms with E-state index in [2.05, 4.69) is 33.8 Å². The number of halogens is 1. The zero-order chi connectivity index (χ0) is 14.4. The molecule has 106 valence electrons. The van der Waals surface area contributed by atoms with Crippen LogP contribution in [-0.4, -0.2) is 5.11 Å². The minimum Gasteiger partial charge on any atom is -0.506 e. The van der Waals surface area contributed by atoms with E-state index in [1.54, 1.807) is 0 Å². The molecule has 0 bridgehead atoms. The summed E-state index contributed by atoms with van der Waals surface area (Å²) >= 11 is 6.08. The van der Waals surface area contributed by atoms with Crippen molar-refractivity contribution in [2.24, 2.45) is 17.3 Å².